The van der Waals surface area contributed by atoms with E-state index < -0.39 is 0 Å². The number of nitrogens with zero attached hydrogens (tertiary/aromatic N) is 4. The average Bonchev–Trinajstić information content (AvgIpc) is 3.38. The summed E-state index contributed by atoms with van der Waals surface area (Å²) in [6, 6.07) is 9.70. The molecule has 9 heteroatoms. The van der Waals surface area contributed by atoms with Gasteiger partial charge in [0.2, 0.25) is 11.0 Å². The van der Waals surface area contributed by atoms with E-state index in [0.717, 1.165) is 40.1 Å². The molecule has 1 aromatic carbocycles. The lowest BCUT2D eigenvalue weighted by atomic mass is 9.97. The smallest absolute Gasteiger partial charge is 0.262 e. The maximum absolute atomic E-state index is 13.0. The number of amides is 1. The molecule has 0 fully saturated rings. The monoisotopic (exact) mass is 437 g/mol. The quantitative estimate of drug-likeness (QED) is 0.512. The maximum Gasteiger partial charge on any atom is 0.262 e. The molecule has 3 aromatic heterocycles. The fourth-order valence-electron chi connectivity index (χ4n) is 3.72. The molecule has 0 radical (unpaired) electrons. The number of rotatable bonds is 5. The summed E-state index contributed by atoms with van der Waals surface area (Å²) >= 11 is 2.96. The number of carbonyl (C=O) groups excluding carboxylic acids is 1. The van der Waals surface area contributed by atoms with Crippen LogP contribution in [0.25, 0.3) is 20.8 Å². The van der Waals surface area contributed by atoms with Gasteiger partial charge in [0.25, 0.3) is 5.56 Å². The third-order valence-corrected chi connectivity index (χ3v) is 7.30. The molecular formula is C21H19N5O2S2. The van der Waals surface area contributed by atoms with Gasteiger partial charge in [-0.25, -0.2) is 4.98 Å². The Balaban J connectivity index is 1.28. The zero-order valence-electron chi connectivity index (χ0n) is 16.1. The molecule has 30 heavy (non-hydrogen) atoms. The van der Waals surface area contributed by atoms with Crippen molar-refractivity contribution in [2.75, 3.05) is 5.32 Å². The van der Waals surface area contributed by atoms with Crippen molar-refractivity contribution in [1.29, 1.82) is 0 Å². The summed E-state index contributed by atoms with van der Waals surface area (Å²) in [5.74, 6) is -0.204. The maximum atomic E-state index is 13.0. The van der Waals surface area contributed by atoms with E-state index in [2.05, 4.69) is 20.5 Å². The van der Waals surface area contributed by atoms with Crippen LogP contribution in [0.4, 0.5) is 5.13 Å². The van der Waals surface area contributed by atoms with Crippen LogP contribution < -0.4 is 10.9 Å². The van der Waals surface area contributed by atoms with Crippen molar-refractivity contribution in [3.8, 4) is 10.6 Å². The van der Waals surface area contributed by atoms with Crippen LogP contribution in [-0.2, 0) is 24.2 Å². The highest BCUT2D eigenvalue weighted by Gasteiger charge is 2.20. The topological polar surface area (TPSA) is 89.8 Å². The fourth-order valence-corrected chi connectivity index (χ4v) is 5.70. The van der Waals surface area contributed by atoms with Crippen molar-refractivity contribution in [2.45, 2.75) is 38.6 Å². The number of hydrogen-bond acceptors (Lipinski definition) is 7. The van der Waals surface area contributed by atoms with E-state index in [-0.39, 0.29) is 24.4 Å². The van der Waals surface area contributed by atoms with Crippen LogP contribution in [0.15, 0.2) is 41.5 Å². The lowest BCUT2D eigenvalue weighted by molar-refractivity contribution is -0.116. The van der Waals surface area contributed by atoms with Crippen LogP contribution in [0, 0.1) is 0 Å². The Morgan fingerprint density at radius 1 is 1.10 bits per heavy atom. The van der Waals surface area contributed by atoms with Gasteiger partial charge in [-0.05, 0) is 31.2 Å². The third-order valence-electron chi connectivity index (χ3n) is 5.21. The molecule has 0 atom stereocenters. The van der Waals surface area contributed by atoms with Gasteiger partial charge >= 0.3 is 0 Å². The van der Waals surface area contributed by atoms with Gasteiger partial charge in [0.15, 0.2) is 0 Å². The number of aromatic nitrogens is 4. The molecule has 3 heterocycles. The lowest BCUT2D eigenvalue weighted by Gasteiger charge is -2.10. The number of nitrogens with one attached hydrogen (secondary N) is 1. The van der Waals surface area contributed by atoms with Crippen molar-refractivity contribution in [3.63, 3.8) is 0 Å². The summed E-state index contributed by atoms with van der Waals surface area (Å²) in [4.78, 5) is 31.9. The van der Waals surface area contributed by atoms with E-state index in [9.17, 15) is 9.59 Å². The second kappa shape index (κ2) is 8.08. The van der Waals surface area contributed by atoms with Gasteiger partial charge in [-0.3, -0.25) is 14.2 Å². The first-order valence-electron chi connectivity index (χ1n) is 9.87. The first-order valence-corrected chi connectivity index (χ1v) is 11.5. The Morgan fingerprint density at radius 2 is 1.93 bits per heavy atom. The second-order valence-corrected chi connectivity index (χ2v) is 9.27. The highest BCUT2D eigenvalue weighted by Crippen LogP contribution is 2.33. The van der Waals surface area contributed by atoms with Gasteiger partial charge in [0.1, 0.15) is 9.84 Å². The van der Waals surface area contributed by atoms with E-state index in [1.807, 2.05) is 30.3 Å². The molecule has 0 saturated carbocycles. The van der Waals surface area contributed by atoms with Crippen LogP contribution in [0.3, 0.4) is 0 Å². The van der Waals surface area contributed by atoms with Crippen LogP contribution >= 0.6 is 22.7 Å². The third kappa shape index (κ3) is 3.66. The first-order chi connectivity index (χ1) is 14.7. The van der Waals surface area contributed by atoms with Crippen LogP contribution in [0.2, 0.25) is 0 Å². The van der Waals surface area contributed by atoms with E-state index in [0.29, 0.717) is 5.13 Å². The standard InChI is InChI=1S/C21H19N5O2S2/c27-16(23-21-25-24-18(30-21)13-6-2-1-3-7-13)10-11-26-12-22-19-17(20(26)28)14-8-4-5-9-15(14)29-19/h1-3,6-7,12H,4-5,8-11H2,(H,23,25,27). The minimum Gasteiger partial charge on any atom is -0.300 e. The fraction of sp³-hybridized carbons (Fsp3) is 0.286. The van der Waals surface area contributed by atoms with Crippen molar-refractivity contribution in [1.82, 2.24) is 19.7 Å². The Hall–Kier alpha value is -2.91. The number of aryl methyl sites for hydroxylation is 3. The van der Waals surface area contributed by atoms with Gasteiger partial charge in [-0.1, -0.05) is 41.7 Å². The summed E-state index contributed by atoms with van der Waals surface area (Å²) in [6.07, 6.45) is 5.98. The summed E-state index contributed by atoms with van der Waals surface area (Å²) in [6.45, 7) is 0.280. The van der Waals surface area contributed by atoms with Gasteiger partial charge in [0.05, 0.1) is 11.7 Å². The molecule has 1 aliphatic carbocycles. The molecule has 1 N–H and O–H groups in total. The highest BCUT2D eigenvalue weighted by atomic mass is 32.1. The second-order valence-electron chi connectivity index (χ2n) is 7.21. The minimum absolute atomic E-state index is 0.0468. The number of anilines is 1. The van der Waals surface area contributed by atoms with E-state index in [1.54, 1.807) is 22.2 Å². The number of fused-ring (bicyclic) bond motifs is 3. The molecule has 4 aromatic rings. The van der Waals surface area contributed by atoms with E-state index in [4.69, 9.17) is 0 Å². The van der Waals surface area contributed by atoms with Gasteiger partial charge in [-0.15, -0.1) is 21.5 Å². The zero-order chi connectivity index (χ0) is 20.5. The summed E-state index contributed by atoms with van der Waals surface area (Å²) in [5.41, 5.74) is 2.08. The SMILES string of the molecule is O=C(CCn1cnc2sc3c(c2c1=O)CCCC3)Nc1nnc(-c2ccccc2)s1. The molecule has 7 nitrogen and oxygen atoms in total. The van der Waals surface area contributed by atoms with E-state index in [1.165, 1.54) is 28.2 Å². The van der Waals surface area contributed by atoms with Gasteiger partial charge < -0.3 is 5.32 Å². The predicted octanol–water partition coefficient (Wildman–Crippen LogP) is 3.88. The molecule has 0 bridgehead atoms. The molecule has 0 saturated heterocycles. The number of benzene rings is 1. The number of hydrogen-bond donors (Lipinski definition) is 1. The predicted molar refractivity (Wildman–Crippen MR) is 119 cm³/mol. The molecule has 0 unspecified atom stereocenters. The van der Waals surface area contributed by atoms with Gasteiger partial charge in [0, 0.05) is 23.4 Å². The van der Waals surface area contributed by atoms with Crippen LogP contribution in [-0.4, -0.2) is 25.7 Å². The summed E-state index contributed by atoms with van der Waals surface area (Å²) < 4.78 is 1.54. The van der Waals surface area contributed by atoms with E-state index >= 15 is 0 Å². The van der Waals surface area contributed by atoms with Crippen LogP contribution in [0.1, 0.15) is 29.7 Å². The largest absolute Gasteiger partial charge is 0.300 e. The van der Waals surface area contributed by atoms with Crippen molar-refractivity contribution in [3.05, 3.63) is 57.5 Å². The van der Waals surface area contributed by atoms with Crippen molar-refractivity contribution in [2.24, 2.45) is 0 Å². The zero-order valence-corrected chi connectivity index (χ0v) is 17.8. The number of carbonyl (C=O) groups is 1. The molecule has 1 amide bonds. The Morgan fingerprint density at radius 3 is 2.80 bits per heavy atom. The highest BCUT2D eigenvalue weighted by molar-refractivity contribution is 7.19. The minimum atomic E-state index is -0.204. The number of thiophene rings is 1. The lowest BCUT2D eigenvalue weighted by Crippen LogP contribution is -2.24. The Kier molecular flexibility index (Phi) is 5.14. The molecule has 152 valence electrons. The van der Waals surface area contributed by atoms with Gasteiger partial charge in [-0.2, -0.15) is 0 Å². The van der Waals surface area contributed by atoms with Crippen molar-refractivity contribution < 1.29 is 4.79 Å². The average molecular weight is 438 g/mol. The van der Waals surface area contributed by atoms with Crippen LogP contribution in [0.5, 0.6) is 0 Å². The molecule has 0 spiro atoms. The Bertz CT molecular complexity index is 1280. The summed E-state index contributed by atoms with van der Waals surface area (Å²) in [7, 11) is 0. The Labute approximate surface area is 180 Å². The summed E-state index contributed by atoms with van der Waals surface area (Å²) in [5, 5.41) is 12.9. The normalized spacial score (nSPS) is 13.3. The molecule has 1 aliphatic rings. The molecule has 5 rings (SSSR count). The molecular weight excluding hydrogens is 418 g/mol. The molecule has 0 aliphatic heterocycles. The first kappa shape index (κ1) is 19.1. The van der Waals surface area contributed by atoms with Crippen molar-refractivity contribution >= 4 is 43.9 Å².